The largest absolute Gasteiger partial charge is 0.261 e. The van der Waals surface area contributed by atoms with Gasteiger partial charge in [-0.15, -0.1) is 11.3 Å². The first kappa shape index (κ1) is 9.97. The molecule has 1 aliphatic rings. The summed E-state index contributed by atoms with van der Waals surface area (Å²) in [5.41, 5.74) is 3.54. The van der Waals surface area contributed by atoms with Gasteiger partial charge in [0.1, 0.15) is 5.01 Å². The molecule has 0 aliphatic heterocycles. The Morgan fingerprint density at radius 3 is 2.81 bits per heavy atom. The summed E-state index contributed by atoms with van der Waals surface area (Å²) in [6, 6.07) is 4.17. The van der Waals surface area contributed by atoms with Gasteiger partial charge in [0.2, 0.25) is 0 Å². The number of aryl methyl sites for hydroxylation is 3. The van der Waals surface area contributed by atoms with E-state index in [1.807, 2.05) is 24.5 Å². The molecule has 0 radical (unpaired) electrons. The van der Waals surface area contributed by atoms with E-state index in [1.54, 1.807) is 0 Å². The minimum absolute atomic E-state index is 1.06. The monoisotopic (exact) mass is 230 g/mol. The molecule has 0 atom stereocenters. The van der Waals surface area contributed by atoms with Gasteiger partial charge in [0, 0.05) is 22.3 Å². The summed E-state index contributed by atoms with van der Waals surface area (Å²) in [5, 5.41) is 1.14. The van der Waals surface area contributed by atoms with Crippen LogP contribution in [0, 0.1) is 6.92 Å². The third kappa shape index (κ3) is 1.76. The number of pyridine rings is 1. The van der Waals surface area contributed by atoms with Crippen molar-refractivity contribution in [3.63, 3.8) is 0 Å². The van der Waals surface area contributed by atoms with Crippen LogP contribution in [0.25, 0.3) is 10.6 Å². The summed E-state index contributed by atoms with van der Waals surface area (Å²) in [4.78, 5) is 10.5. The average molecular weight is 230 g/mol. The highest BCUT2D eigenvalue weighted by atomic mass is 32.1. The molecule has 16 heavy (non-hydrogen) atoms. The number of aromatic nitrogens is 2. The summed E-state index contributed by atoms with van der Waals surface area (Å²) in [6.45, 7) is 2.01. The average Bonchev–Trinajstić information content (AvgIpc) is 2.73. The molecule has 0 amide bonds. The van der Waals surface area contributed by atoms with Gasteiger partial charge in [-0.1, -0.05) is 0 Å². The van der Waals surface area contributed by atoms with Crippen LogP contribution in [0.15, 0.2) is 18.3 Å². The van der Waals surface area contributed by atoms with Crippen molar-refractivity contribution in [2.24, 2.45) is 0 Å². The minimum Gasteiger partial charge on any atom is -0.261 e. The Hall–Kier alpha value is -1.22. The maximum Gasteiger partial charge on any atom is 0.125 e. The first-order valence-corrected chi connectivity index (χ1v) is 6.56. The van der Waals surface area contributed by atoms with Gasteiger partial charge in [-0.05, 0) is 44.7 Å². The van der Waals surface area contributed by atoms with Crippen LogP contribution in [0.3, 0.4) is 0 Å². The lowest BCUT2D eigenvalue weighted by Gasteiger charge is -2.06. The molecule has 0 spiro atoms. The number of hydrogen-bond acceptors (Lipinski definition) is 3. The summed E-state index contributed by atoms with van der Waals surface area (Å²) < 4.78 is 0. The van der Waals surface area contributed by atoms with Crippen LogP contribution < -0.4 is 0 Å². The molecular weight excluding hydrogens is 216 g/mol. The predicted octanol–water partition coefficient (Wildman–Crippen LogP) is 3.39. The number of rotatable bonds is 1. The molecule has 82 valence electrons. The van der Waals surface area contributed by atoms with Gasteiger partial charge in [-0.3, -0.25) is 4.98 Å². The number of thiazole rings is 1. The molecular formula is C13H14N2S. The van der Waals surface area contributed by atoms with Gasteiger partial charge in [-0.25, -0.2) is 4.98 Å². The topological polar surface area (TPSA) is 25.8 Å². The first-order chi connectivity index (χ1) is 7.83. The predicted molar refractivity (Wildman–Crippen MR) is 66.7 cm³/mol. The fourth-order valence-electron chi connectivity index (χ4n) is 2.07. The summed E-state index contributed by atoms with van der Waals surface area (Å²) in [7, 11) is 0. The van der Waals surface area contributed by atoms with Crippen LogP contribution in [0.2, 0.25) is 0 Å². The lowest BCUT2D eigenvalue weighted by molar-refractivity contribution is 0.682. The number of hydrogen-bond donors (Lipinski definition) is 0. The highest BCUT2D eigenvalue weighted by Gasteiger charge is 2.15. The van der Waals surface area contributed by atoms with Gasteiger partial charge < -0.3 is 0 Å². The standard InChI is InChI=1S/C13H14N2S/c1-9-6-7-10(8-14-9)13-15-11-4-2-3-5-12(11)16-13/h6-8H,2-5H2,1H3. The molecule has 0 saturated heterocycles. The fraction of sp³-hybridized carbons (Fsp3) is 0.385. The highest BCUT2D eigenvalue weighted by Crippen LogP contribution is 2.32. The quantitative estimate of drug-likeness (QED) is 0.750. The Bertz CT molecular complexity index is 476. The molecule has 0 fully saturated rings. The normalized spacial score (nSPS) is 14.8. The van der Waals surface area contributed by atoms with Crippen LogP contribution in [0.1, 0.15) is 29.1 Å². The second-order valence-electron chi connectivity index (χ2n) is 4.28. The van der Waals surface area contributed by atoms with E-state index in [9.17, 15) is 0 Å². The van der Waals surface area contributed by atoms with Crippen molar-refractivity contribution in [3.05, 3.63) is 34.6 Å². The highest BCUT2D eigenvalue weighted by molar-refractivity contribution is 7.15. The van der Waals surface area contributed by atoms with Crippen molar-refractivity contribution in [1.82, 2.24) is 9.97 Å². The van der Waals surface area contributed by atoms with Gasteiger partial charge in [0.05, 0.1) is 5.69 Å². The van der Waals surface area contributed by atoms with Crippen LogP contribution in [0.5, 0.6) is 0 Å². The smallest absolute Gasteiger partial charge is 0.125 e. The Balaban J connectivity index is 2.00. The molecule has 0 bridgehead atoms. The molecule has 2 nitrogen and oxygen atoms in total. The van der Waals surface area contributed by atoms with Crippen molar-refractivity contribution >= 4 is 11.3 Å². The van der Waals surface area contributed by atoms with E-state index < -0.39 is 0 Å². The van der Waals surface area contributed by atoms with E-state index in [0.717, 1.165) is 22.7 Å². The maximum atomic E-state index is 4.73. The fourth-order valence-corrected chi connectivity index (χ4v) is 3.21. The van der Waals surface area contributed by atoms with E-state index in [-0.39, 0.29) is 0 Å². The number of nitrogens with zero attached hydrogens (tertiary/aromatic N) is 2. The lowest BCUT2D eigenvalue weighted by Crippen LogP contribution is -1.98. The Morgan fingerprint density at radius 1 is 1.19 bits per heavy atom. The second kappa shape index (κ2) is 3.98. The third-order valence-corrected chi connectivity index (χ3v) is 4.21. The van der Waals surface area contributed by atoms with Gasteiger partial charge in [0.25, 0.3) is 0 Å². The SMILES string of the molecule is Cc1ccc(-c2nc3c(s2)CCCC3)cn1. The maximum absolute atomic E-state index is 4.73. The van der Waals surface area contributed by atoms with Crippen molar-refractivity contribution in [2.45, 2.75) is 32.6 Å². The van der Waals surface area contributed by atoms with Crippen molar-refractivity contribution < 1.29 is 0 Å². The molecule has 0 unspecified atom stereocenters. The van der Waals surface area contributed by atoms with Crippen LogP contribution in [0.4, 0.5) is 0 Å². The minimum atomic E-state index is 1.06. The van der Waals surface area contributed by atoms with Crippen LogP contribution in [-0.2, 0) is 12.8 Å². The molecule has 2 heterocycles. The van der Waals surface area contributed by atoms with E-state index in [4.69, 9.17) is 4.98 Å². The number of fused-ring (bicyclic) bond motifs is 1. The van der Waals surface area contributed by atoms with Crippen LogP contribution >= 0.6 is 11.3 Å². The Morgan fingerprint density at radius 2 is 2.06 bits per heavy atom. The molecule has 0 saturated carbocycles. The van der Waals surface area contributed by atoms with E-state index in [0.29, 0.717) is 0 Å². The van der Waals surface area contributed by atoms with E-state index in [2.05, 4.69) is 17.1 Å². The van der Waals surface area contributed by atoms with Gasteiger partial charge >= 0.3 is 0 Å². The first-order valence-electron chi connectivity index (χ1n) is 5.74. The zero-order chi connectivity index (χ0) is 11.0. The molecule has 0 N–H and O–H groups in total. The van der Waals surface area contributed by atoms with Crippen LogP contribution in [-0.4, -0.2) is 9.97 Å². The van der Waals surface area contributed by atoms with Crippen molar-refractivity contribution in [1.29, 1.82) is 0 Å². The molecule has 2 aromatic heterocycles. The summed E-state index contributed by atoms with van der Waals surface area (Å²) in [6.07, 6.45) is 6.92. The Labute approximate surface area is 99.4 Å². The molecule has 1 aliphatic carbocycles. The molecule has 0 aromatic carbocycles. The molecule has 2 aromatic rings. The zero-order valence-electron chi connectivity index (χ0n) is 9.36. The van der Waals surface area contributed by atoms with E-state index >= 15 is 0 Å². The van der Waals surface area contributed by atoms with Crippen molar-refractivity contribution in [2.75, 3.05) is 0 Å². The molecule has 3 heteroatoms. The zero-order valence-corrected chi connectivity index (χ0v) is 10.2. The molecule has 3 rings (SSSR count). The summed E-state index contributed by atoms with van der Waals surface area (Å²) >= 11 is 1.84. The van der Waals surface area contributed by atoms with E-state index in [1.165, 1.54) is 29.8 Å². The summed E-state index contributed by atoms with van der Waals surface area (Å²) in [5.74, 6) is 0. The van der Waals surface area contributed by atoms with Gasteiger partial charge in [-0.2, -0.15) is 0 Å². The van der Waals surface area contributed by atoms with Gasteiger partial charge in [0.15, 0.2) is 0 Å². The van der Waals surface area contributed by atoms with Crippen molar-refractivity contribution in [3.8, 4) is 10.6 Å². The Kier molecular flexibility index (Phi) is 2.48. The third-order valence-electron chi connectivity index (χ3n) is 3.00. The second-order valence-corrected chi connectivity index (χ2v) is 5.37. The lowest BCUT2D eigenvalue weighted by atomic mass is 10.0.